The van der Waals surface area contributed by atoms with Crippen LogP contribution in [0.3, 0.4) is 0 Å². The van der Waals surface area contributed by atoms with E-state index in [1.165, 1.54) is 0 Å². The van der Waals surface area contributed by atoms with E-state index in [1.54, 1.807) is 0 Å². The molecule has 1 atom stereocenters. The smallest absolute Gasteiger partial charge is 0.540 e. The molecule has 0 bridgehead atoms. The summed E-state index contributed by atoms with van der Waals surface area (Å²) in [5.74, 6) is 0.211. The summed E-state index contributed by atoms with van der Waals surface area (Å²) in [6.07, 6.45) is 3.92. The molecule has 1 spiro atoms. The molecule has 1 fully saturated rings. The van der Waals surface area contributed by atoms with Crippen molar-refractivity contribution in [3.63, 3.8) is 0 Å². The van der Waals surface area contributed by atoms with Crippen molar-refractivity contribution in [1.29, 1.82) is 0 Å². The minimum atomic E-state index is -4.17. The summed E-state index contributed by atoms with van der Waals surface area (Å²) in [5, 5.41) is 6.74. The molecule has 116 valence electrons. The zero-order valence-electron chi connectivity index (χ0n) is 12.6. The van der Waals surface area contributed by atoms with E-state index in [0.29, 0.717) is 6.42 Å². The first-order valence-electron chi connectivity index (χ1n) is 7.07. The van der Waals surface area contributed by atoms with Gasteiger partial charge >= 0.3 is 29.6 Å². The summed E-state index contributed by atoms with van der Waals surface area (Å²) in [6.45, 7) is -0.0685. The van der Waals surface area contributed by atoms with Gasteiger partial charge in [-0.15, -0.1) is 0 Å². The second kappa shape index (κ2) is 7.17. The van der Waals surface area contributed by atoms with Crippen molar-refractivity contribution < 1.29 is 51.6 Å². The molecule has 0 aromatic heterocycles. The molecule has 2 aliphatic rings. The SMILES string of the molecule is [NH-]S(=O)(=O)OCCC1OC2(CCCC2)Oc2ccccc21.[Na+]. The Labute approximate surface area is 152 Å². The number of hydrogen-bond donors (Lipinski definition) is 0. The van der Waals surface area contributed by atoms with Crippen LogP contribution in [0.5, 0.6) is 5.75 Å². The summed E-state index contributed by atoms with van der Waals surface area (Å²) >= 11 is 0. The molecule has 3 rings (SSSR count). The van der Waals surface area contributed by atoms with Crippen LogP contribution in [0.25, 0.3) is 5.14 Å². The Balaban J connectivity index is 0.00000176. The van der Waals surface area contributed by atoms with Crippen LogP contribution in [0.15, 0.2) is 24.3 Å². The molecule has 8 heteroatoms. The fourth-order valence-electron chi connectivity index (χ4n) is 3.00. The van der Waals surface area contributed by atoms with Crippen LogP contribution < -0.4 is 34.3 Å². The molecule has 22 heavy (non-hydrogen) atoms. The molecule has 0 radical (unpaired) electrons. The normalized spacial score (nSPS) is 22.7. The Morgan fingerprint density at radius 1 is 1.27 bits per heavy atom. The first-order valence-corrected chi connectivity index (χ1v) is 8.48. The molecule has 1 aliphatic carbocycles. The molecule has 1 aromatic rings. The third-order valence-electron chi connectivity index (χ3n) is 3.90. The van der Waals surface area contributed by atoms with E-state index in [2.05, 4.69) is 4.18 Å². The van der Waals surface area contributed by atoms with Crippen LogP contribution in [0.4, 0.5) is 0 Å². The van der Waals surface area contributed by atoms with Crippen LogP contribution >= 0.6 is 0 Å². The van der Waals surface area contributed by atoms with E-state index in [9.17, 15) is 8.42 Å². The van der Waals surface area contributed by atoms with Crippen molar-refractivity contribution in [3.05, 3.63) is 35.0 Å². The van der Waals surface area contributed by atoms with Crippen LogP contribution in [-0.4, -0.2) is 20.8 Å². The Morgan fingerprint density at radius 3 is 2.64 bits per heavy atom. The molecule has 1 N–H and O–H groups in total. The monoisotopic (exact) mass is 335 g/mol. The van der Waals surface area contributed by atoms with Gasteiger partial charge in [0.1, 0.15) is 5.75 Å². The zero-order chi connectivity index (χ0) is 14.9. The molecule has 1 unspecified atom stereocenters. The largest absolute Gasteiger partial charge is 1.00 e. The second-order valence-electron chi connectivity index (χ2n) is 5.43. The summed E-state index contributed by atoms with van der Waals surface area (Å²) in [6, 6.07) is 7.63. The molecular formula is C14H18NNaO5S. The van der Waals surface area contributed by atoms with Gasteiger partial charge in [0.05, 0.1) is 12.7 Å². The van der Waals surface area contributed by atoms with Crippen molar-refractivity contribution in [2.75, 3.05) is 6.61 Å². The second-order valence-corrected chi connectivity index (χ2v) is 6.57. The summed E-state index contributed by atoms with van der Waals surface area (Å²) < 4.78 is 38.2. The summed E-state index contributed by atoms with van der Waals surface area (Å²) in [7, 11) is -4.17. The average molecular weight is 335 g/mol. The van der Waals surface area contributed by atoms with Gasteiger partial charge in [-0.3, -0.25) is 4.18 Å². The molecular weight excluding hydrogens is 317 g/mol. The standard InChI is InChI=1S/C14H18NO5S.Na/c15-21(16,17)18-10-7-13-11-5-1-2-6-12(11)19-14(20-13)8-3-4-9-14;/h1-2,5-6,13H,3-4,7-10H2,(H-,15,16,17);/q-1;+1. The molecule has 0 saturated heterocycles. The van der Waals surface area contributed by atoms with Crippen molar-refractivity contribution in [3.8, 4) is 5.75 Å². The molecule has 1 heterocycles. The van der Waals surface area contributed by atoms with Gasteiger partial charge < -0.3 is 14.6 Å². The first kappa shape index (κ1) is 18.2. The van der Waals surface area contributed by atoms with E-state index in [0.717, 1.165) is 37.0 Å². The Morgan fingerprint density at radius 2 is 1.95 bits per heavy atom. The predicted molar refractivity (Wildman–Crippen MR) is 75.9 cm³/mol. The van der Waals surface area contributed by atoms with Gasteiger partial charge in [0, 0.05) is 24.8 Å². The fourth-order valence-corrected chi connectivity index (χ4v) is 3.32. The average Bonchev–Trinajstić information content (AvgIpc) is 2.85. The summed E-state index contributed by atoms with van der Waals surface area (Å²) in [5.41, 5.74) is 0.904. The fraction of sp³-hybridized carbons (Fsp3) is 0.571. The number of nitrogens with one attached hydrogen (secondary N) is 1. The van der Waals surface area contributed by atoms with E-state index in [1.807, 2.05) is 24.3 Å². The zero-order valence-corrected chi connectivity index (χ0v) is 15.4. The van der Waals surface area contributed by atoms with E-state index < -0.39 is 16.1 Å². The minimum absolute atomic E-state index is 0. The maximum Gasteiger partial charge on any atom is 1.00 e. The Hall–Kier alpha value is -0.150. The van der Waals surface area contributed by atoms with Gasteiger partial charge in [-0.25, -0.2) is 8.42 Å². The summed E-state index contributed by atoms with van der Waals surface area (Å²) in [4.78, 5) is 0. The van der Waals surface area contributed by atoms with Crippen LogP contribution in [0, 0.1) is 0 Å². The maximum absolute atomic E-state index is 10.7. The number of hydrogen-bond acceptors (Lipinski definition) is 5. The number of ether oxygens (including phenoxy) is 2. The number of para-hydroxylation sites is 1. The molecule has 1 aliphatic heterocycles. The third kappa shape index (κ3) is 4.23. The Bertz CT molecular complexity index is 615. The van der Waals surface area contributed by atoms with Crippen molar-refractivity contribution in [2.45, 2.75) is 44.0 Å². The maximum atomic E-state index is 10.7. The molecule has 1 saturated carbocycles. The van der Waals surface area contributed by atoms with Crippen LogP contribution in [-0.2, 0) is 19.2 Å². The van der Waals surface area contributed by atoms with Gasteiger partial charge in [-0.2, -0.15) is 0 Å². The topological polar surface area (TPSA) is 85.6 Å². The van der Waals surface area contributed by atoms with Crippen LogP contribution in [0.1, 0.15) is 43.8 Å². The van der Waals surface area contributed by atoms with Crippen molar-refractivity contribution in [1.82, 2.24) is 0 Å². The molecule has 6 nitrogen and oxygen atoms in total. The number of rotatable bonds is 4. The first-order chi connectivity index (χ1) is 9.98. The van der Waals surface area contributed by atoms with Crippen molar-refractivity contribution in [2.24, 2.45) is 0 Å². The van der Waals surface area contributed by atoms with Gasteiger partial charge in [0.15, 0.2) is 10.3 Å². The van der Waals surface area contributed by atoms with Gasteiger partial charge in [0.2, 0.25) is 5.79 Å². The predicted octanol–water partition coefficient (Wildman–Crippen LogP) is 0.115. The van der Waals surface area contributed by atoms with E-state index >= 15 is 0 Å². The van der Waals surface area contributed by atoms with Crippen LogP contribution in [0.2, 0.25) is 0 Å². The van der Waals surface area contributed by atoms with Gasteiger partial charge in [-0.05, 0) is 18.9 Å². The quantitative estimate of drug-likeness (QED) is 0.729. The van der Waals surface area contributed by atoms with Crippen molar-refractivity contribution >= 4 is 10.3 Å². The van der Waals surface area contributed by atoms with Gasteiger partial charge in [0.25, 0.3) is 0 Å². The number of benzene rings is 1. The van der Waals surface area contributed by atoms with Gasteiger partial charge in [-0.1, -0.05) is 18.2 Å². The molecule has 0 amide bonds. The number of fused-ring (bicyclic) bond motifs is 1. The minimum Gasteiger partial charge on any atom is -0.540 e. The van der Waals surface area contributed by atoms with E-state index in [-0.39, 0.29) is 42.3 Å². The molecule has 1 aromatic carbocycles. The van der Waals surface area contributed by atoms with E-state index in [4.69, 9.17) is 14.6 Å². The third-order valence-corrected chi connectivity index (χ3v) is 4.38. The Kier molecular flexibility index (Phi) is 5.93.